The van der Waals surface area contributed by atoms with E-state index in [-0.39, 0.29) is 16.4 Å². The number of aromatic nitrogens is 1. The van der Waals surface area contributed by atoms with Crippen molar-refractivity contribution in [3.05, 3.63) is 93.8 Å². The van der Waals surface area contributed by atoms with Crippen molar-refractivity contribution in [2.24, 2.45) is 4.99 Å². The van der Waals surface area contributed by atoms with Gasteiger partial charge in [-0.2, -0.15) is 0 Å². The van der Waals surface area contributed by atoms with Crippen LogP contribution in [-0.4, -0.2) is 10.7 Å². The summed E-state index contributed by atoms with van der Waals surface area (Å²) in [7, 11) is 0. The van der Waals surface area contributed by atoms with E-state index >= 15 is 0 Å². The van der Waals surface area contributed by atoms with E-state index in [9.17, 15) is 17.6 Å². The average Bonchev–Trinajstić information content (AvgIpc) is 3.20. The van der Waals surface area contributed by atoms with Crippen LogP contribution in [0.4, 0.5) is 17.6 Å². The second-order valence-electron chi connectivity index (χ2n) is 9.17. The highest BCUT2D eigenvalue weighted by Gasteiger charge is 2.22. The lowest BCUT2D eigenvalue weighted by Crippen LogP contribution is -2.04. The van der Waals surface area contributed by atoms with Gasteiger partial charge in [0.2, 0.25) is 0 Å². The first-order valence-corrected chi connectivity index (χ1v) is 12.9. The normalized spacial score (nSPS) is 12.9. The number of hydrogen-bond donors (Lipinski definition) is 1. The Balaban J connectivity index is 0.000000341. The number of benzene rings is 2. The summed E-state index contributed by atoms with van der Waals surface area (Å²) in [4.78, 5) is 7.15. The molecule has 1 heterocycles. The Hall–Kier alpha value is -2.86. The van der Waals surface area contributed by atoms with E-state index in [1.165, 1.54) is 18.3 Å². The number of nitrogens with one attached hydrogen (secondary N) is 1. The van der Waals surface area contributed by atoms with Crippen molar-refractivity contribution in [3.63, 3.8) is 0 Å². The van der Waals surface area contributed by atoms with E-state index in [1.807, 2.05) is 13.8 Å². The van der Waals surface area contributed by atoms with Gasteiger partial charge in [0.1, 0.15) is 11.6 Å². The number of H-pyrrole nitrogens is 1. The molecule has 3 rings (SSSR count). The number of fused-ring (bicyclic) bond motifs is 1. The lowest BCUT2D eigenvalue weighted by atomic mass is 9.92. The molecule has 200 valence electrons. The predicted octanol–water partition coefficient (Wildman–Crippen LogP) is 10.4. The molecule has 7 heteroatoms. The van der Waals surface area contributed by atoms with Gasteiger partial charge in [0.15, 0.2) is 11.6 Å². The van der Waals surface area contributed by atoms with Gasteiger partial charge in [-0.15, -0.1) is 0 Å². The summed E-state index contributed by atoms with van der Waals surface area (Å²) < 4.78 is 54.5. The Morgan fingerprint density at radius 2 is 1.81 bits per heavy atom. The van der Waals surface area contributed by atoms with Gasteiger partial charge in [0.25, 0.3) is 0 Å². The summed E-state index contributed by atoms with van der Waals surface area (Å²) in [5.41, 5.74) is 4.02. The summed E-state index contributed by atoms with van der Waals surface area (Å²) in [5.74, 6) is -2.96. The molecule has 0 fully saturated rings. The number of nitrogens with zero attached hydrogens (tertiary/aromatic N) is 1. The zero-order valence-corrected chi connectivity index (χ0v) is 22.9. The van der Waals surface area contributed by atoms with Crippen molar-refractivity contribution >= 4 is 28.2 Å². The smallest absolute Gasteiger partial charge is 0.162 e. The van der Waals surface area contributed by atoms with Gasteiger partial charge in [-0.1, -0.05) is 63.9 Å². The van der Waals surface area contributed by atoms with E-state index in [0.717, 1.165) is 60.5 Å². The third-order valence-electron chi connectivity index (χ3n) is 6.06. The molecule has 1 aromatic heterocycles. The minimum Gasteiger partial charge on any atom is -0.358 e. The fraction of sp³-hybridized carbons (Fsp3) is 0.367. The number of allylic oxidation sites excluding steroid dienone is 2. The molecule has 1 unspecified atom stereocenters. The van der Waals surface area contributed by atoms with Crippen molar-refractivity contribution < 1.29 is 17.6 Å². The van der Waals surface area contributed by atoms with Crippen LogP contribution in [0.1, 0.15) is 83.0 Å². The SMILES string of the molecule is C=C(C)/C(F)=C\N=C(C)CCC.CCCCc1c(C(C)c2cccc(F)c2F)[nH]c2cc(F)c(Cl)cc12. The van der Waals surface area contributed by atoms with Crippen LogP contribution in [0.3, 0.4) is 0 Å². The largest absolute Gasteiger partial charge is 0.358 e. The molecule has 1 atom stereocenters. The highest BCUT2D eigenvalue weighted by atomic mass is 35.5. The lowest BCUT2D eigenvalue weighted by Gasteiger charge is -2.15. The Bertz CT molecular complexity index is 1290. The molecule has 0 aliphatic rings. The maximum Gasteiger partial charge on any atom is 0.162 e. The molecule has 0 saturated carbocycles. The first-order chi connectivity index (χ1) is 17.5. The molecule has 0 amide bonds. The monoisotopic (exact) mass is 534 g/mol. The molecule has 0 bridgehead atoms. The van der Waals surface area contributed by atoms with Gasteiger partial charge in [0.05, 0.1) is 11.2 Å². The second-order valence-corrected chi connectivity index (χ2v) is 9.58. The van der Waals surface area contributed by atoms with Gasteiger partial charge < -0.3 is 4.98 Å². The lowest BCUT2D eigenvalue weighted by molar-refractivity contribution is 0.495. The zero-order valence-electron chi connectivity index (χ0n) is 22.1. The van der Waals surface area contributed by atoms with E-state index in [1.54, 1.807) is 19.1 Å². The maximum absolute atomic E-state index is 14.2. The Kier molecular flexibility index (Phi) is 11.6. The van der Waals surface area contributed by atoms with Crippen molar-refractivity contribution in [2.45, 2.75) is 72.6 Å². The average molecular weight is 535 g/mol. The fourth-order valence-corrected chi connectivity index (χ4v) is 4.14. The van der Waals surface area contributed by atoms with E-state index in [2.05, 4.69) is 30.4 Å². The molecule has 0 spiro atoms. The summed E-state index contributed by atoms with van der Waals surface area (Å²) >= 11 is 5.95. The van der Waals surface area contributed by atoms with E-state index in [0.29, 0.717) is 11.1 Å². The van der Waals surface area contributed by atoms with Crippen LogP contribution < -0.4 is 0 Å². The number of aliphatic imine (C=N–C) groups is 1. The first kappa shape index (κ1) is 30.4. The van der Waals surface area contributed by atoms with E-state index < -0.39 is 23.4 Å². The first-order valence-electron chi connectivity index (χ1n) is 12.5. The van der Waals surface area contributed by atoms with Crippen molar-refractivity contribution in [1.29, 1.82) is 0 Å². The van der Waals surface area contributed by atoms with Crippen molar-refractivity contribution in [3.8, 4) is 0 Å². The summed E-state index contributed by atoms with van der Waals surface area (Å²) in [6, 6.07) is 7.13. The van der Waals surface area contributed by atoms with Crippen LogP contribution in [0.15, 0.2) is 59.5 Å². The summed E-state index contributed by atoms with van der Waals surface area (Å²) in [5, 5.41) is 0.888. The highest BCUT2D eigenvalue weighted by molar-refractivity contribution is 6.31. The van der Waals surface area contributed by atoms with Crippen LogP contribution in [0.5, 0.6) is 0 Å². The number of rotatable bonds is 9. The topological polar surface area (TPSA) is 28.1 Å². The third kappa shape index (κ3) is 8.06. The summed E-state index contributed by atoms with van der Waals surface area (Å²) in [6.07, 6.45) is 5.87. The van der Waals surface area contributed by atoms with Crippen molar-refractivity contribution in [2.75, 3.05) is 0 Å². The zero-order chi connectivity index (χ0) is 27.7. The van der Waals surface area contributed by atoms with Crippen LogP contribution in [0, 0.1) is 17.5 Å². The molecule has 37 heavy (non-hydrogen) atoms. The molecular formula is C30H35ClF4N2. The summed E-state index contributed by atoms with van der Waals surface area (Å²) in [6.45, 7) is 12.9. The Morgan fingerprint density at radius 3 is 2.43 bits per heavy atom. The minimum atomic E-state index is -0.871. The van der Waals surface area contributed by atoms with Gasteiger partial charge in [-0.3, -0.25) is 4.99 Å². The van der Waals surface area contributed by atoms with Crippen LogP contribution in [0.2, 0.25) is 5.02 Å². The Morgan fingerprint density at radius 1 is 1.11 bits per heavy atom. The van der Waals surface area contributed by atoms with Gasteiger partial charge >= 0.3 is 0 Å². The number of hydrogen-bond acceptors (Lipinski definition) is 1. The number of unbranched alkanes of at least 4 members (excludes halogenated alkanes) is 1. The van der Waals surface area contributed by atoms with Crippen molar-refractivity contribution in [1.82, 2.24) is 4.98 Å². The maximum atomic E-state index is 14.2. The molecular weight excluding hydrogens is 500 g/mol. The predicted molar refractivity (Wildman–Crippen MR) is 148 cm³/mol. The Labute approximate surface area is 222 Å². The third-order valence-corrected chi connectivity index (χ3v) is 6.35. The molecule has 0 aliphatic carbocycles. The molecule has 1 N–H and O–H groups in total. The van der Waals surface area contributed by atoms with Crippen LogP contribution >= 0.6 is 11.6 Å². The molecule has 2 nitrogen and oxygen atoms in total. The second kappa shape index (κ2) is 14.2. The van der Waals surface area contributed by atoms with Crippen LogP contribution in [0.25, 0.3) is 10.9 Å². The quantitative estimate of drug-likeness (QED) is 0.161. The van der Waals surface area contributed by atoms with Crippen LogP contribution in [-0.2, 0) is 6.42 Å². The van der Waals surface area contributed by atoms with Gasteiger partial charge in [-0.05, 0) is 68.0 Å². The highest BCUT2D eigenvalue weighted by Crippen LogP contribution is 2.36. The molecule has 0 aliphatic heterocycles. The number of aromatic amines is 1. The number of aryl methyl sites for hydroxylation is 1. The molecule has 3 aromatic rings. The molecule has 0 radical (unpaired) electrons. The van der Waals surface area contributed by atoms with Gasteiger partial charge in [-0.25, -0.2) is 17.6 Å². The fourth-order valence-electron chi connectivity index (χ4n) is 3.97. The standard InChI is InChI=1S/C20H19ClF3N.C10H16FN/c1-3-4-6-13-14-9-15(21)17(23)10-18(14)25-20(13)11(2)12-7-5-8-16(22)19(12)24;1-5-6-9(4)12-7-10(11)8(2)3/h5,7-11,25H,3-4,6H2,1-2H3;7H,2,5-6H2,1,3-4H3/b;10-7+,12-9?. The molecule has 0 saturated heterocycles. The minimum absolute atomic E-state index is 0.0559. The van der Waals surface area contributed by atoms with E-state index in [4.69, 9.17) is 11.6 Å². The number of halogens is 5. The molecule has 2 aromatic carbocycles. The van der Waals surface area contributed by atoms with Gasteiger partial charge in [0, 0.05) is 28.2 Å².